The molecule has 2 aliphatic heterocycles. The topological polar surface area (TPSA) is 46.6 Å². The molecule has 132 valence electrons. The van der Waals surface area contributed by atoms with E-state index >= 15 is 0 Å². The maximum Gasteiger partial charge on any atom is 0.226 e. The number of hydrogen-bond donors (Lipinski definition) is 0. The molecule has 4 nitrogen and oxygen atoms in total. The molecule has 0 aromatic heterocycles. The van der Waals surface area contributed by atoms with E-state index in [9.17, 15) is 9.59 Å². The number of rotatable bonds is 1. The second kappa shape index (κ2) is 5.33. The largest absolute Gasteiger partial charge is 0.486 e. The van der Waals surface area contributed by atoms with Gasteiger partial charge in [0, 0.05) is 24.9 Å². The molecule has 1 aromatic rings. The number of amides is 1. The van der Waals surface area contributed by atoms with Gasteiger partial charge in [-0.05, 0) is 49.7 Å². The predicted molar refractivity (Wildman–Crippen MR) is 93.4 cm³/mol. The summed E-state index contributed by atoms with van der Waals surface area (Å²) in [5.41, 5.74) is 0.266. The Morgan fingerprint density at radius 1 is 1.28 bits per heavy atom. The Morgan fingerprint density at radius 3 is 2.96 bits per heavy atom. The summed E-state index contributed by atoms with van der Waals surface area (Å²) in [5.74, 6) is 2.53. The van der Waals surface area contributed by atoms with E-state index in [1.165, 1.54) is 6.42 Å². The van der Waals surface area contributed by atoms with Gasteiger partial charge >= 0.3 is 0 Å². The second-order valence-electron chi connectivity index (χ2n) is 8.55. The van der Waals surface area contributed by atoms with Gasteiger partial charge in [0.1, 0.15) is 11.4 Å². The van der Waals surface area contributed by atoms with Gasteiger partial charge in [-0.2, -0.15) is 0 Å². The van der Waals surface area contributed by atoms with Crippen LogP contribution in [0.5, 0.6) is 5.75 Å². The van der Waals surface area contributed by atoms with E-state index in [0.717, 1.165) is 32.4 Å². The molecule has 2 saturated carbocycles. The molecule has 1 aromatic carbocycles. The SMILES string of the molecule is C[C@@H]1CCCN(C(=O)[C@@H]2[C@H]3CC[C@@]4(CC(=O)c5ccccc5O4)[C@@H]32)C1. The van der Waals surface area contributed by atoms with Crippen LogP contribution in [-0.2, 0) is 4.79 Å². The molecule has 1 saturated heterocycles. The van der Waals surface area contributed by atoms with E-state index in [0.29, 0.717) is 35.5 Å². The summed E-state index contributed by atoms with van der Waals surface area (Å²) in [6.45, 7) is 4.02. The van der Waals surface area contributed by atoms with Gasteiger partial charge in [-0.25, -0.2) is 0 Å². The number of fused-ring (bicyclic) bond motifs is 3. The van der Waals surface area contributed by atoms with Crippen molar-refractivity contribution in [1.82, 2.24) is 4.90 Å². The molecule has 0 bridgehead atoms. The minimum absolute atomic E-state index is 0.0807. The molecule has 5 rings (SSSR count). The van der Waals surface area contributed by atoms with Crippen LogP contribution in [0, 0.1) is 23.7 Å². The number of nitrogens with zero attached hydrogens (tertiary/aromatic N) is 1. The summed E-state index contributed by atoms with van der Waals surface area (Å²) in [6, 6.07) is 7.55. The van der Waals surface area contributed by atoms with E-state index in [-0.39, 0.29) is 17.6 Å². The van der Waals surface area contributed by atoms with Crippen LogP contribution >= 0.6 is 0 Å². The Morgan fingerprint density at radius 2 is 2.12 bits per heavy atom. The van der Waals surface area contributed by atoms with Gasteiger partial charge in [-0.15, -0.1) is 0 Å². The molecule has 4 aliphatic rings. The number of carbonyl (C=O) groups is 2. The van der Waals surface area contributed by atoms with Crippen molar-refractivity contribution >= 4 is 11.7 Å². The lowest BCUT2D eigenvalue weighted by Gasteiger charge is -2.38. The Balaban J connectivity index is 1.38. The number of benzene rings is 1. The highest BCUT2D eigenvalue weighted by atomic mass is 16.5. The molecule has 3 fully saturated rings. The van der Waals surface area contributed by atoms with Gasteiger partial charge < -0.3 is 9.64 Å². The van der Waals surface area contributed by atoms with Gasteiger partial charge in [0.2, 0.25) is 5.91 Å². The number of hydrogen-bond acceptors (Lipinski definition) is 3. The number of Topliss-reactive ketones (excluding diaryl/α,β-unsaturated/α-hetero) is 1. The quantitative estimate of drug-likeness (QED) is 0.789. The fraction of sp³-hybridized carbons (Fsp3) is 0.619. The van der Waals surface area contributed by atoms with E-state index in [1.54, 1.807) is 0 Å². The van der Waals surface area contributed by atoms with E-state index in [1.807, 2.05) is 24.3 Å². The van der Waals surface area contributed by atoms with Crippen LogP contribution in [0.25, 0.3) is 0 Å². The van der Waals surface area contributed by atoms with Gasteiger partial charge in [0.25, 0.3) is 0 Å². The van der Waals surface area contributed by atoms with Gasteiger partial charge in [0.15, 0.2) is 5.78 Å². The molecular formula is C21H25NO3. The third-order valence-electron chi connectivity index (χ3n) is 6.89. The van der Waals surface area contributed by atoms with Crippen molar-refractivity contribution in [2.45, 2.75) is 44.6 Å². The first-order valence-corrected chi connectivity index (χ1v) is 9.69. The van der Waals surface area contributed by atoms with Crippen molar-refractivity contribution in [2.24, 2.45) is 23.7 Å². The standard InChI is InChI=1S/C21H25NO3/c1-13-5-4-10-22(12-13)20(24)18-15-8-9-21(19(15)18)11-16(23)14-6-2-3-7-17(14)25-21/h2-3,6-7,13,15,18-19H,4-5,8-12H2,1H3/t13-,15-,18-,19+,21-/m1/s1. The van der Waals surface area contributed by atoms with Crippen molar-refractivity contribution in [3.05, 3.63) is 29.8 Å². The number of piperidine rings is 1. The maximum absolute atomic E-state index is 13.1. The predicted octanol–water partition coefficient (Wildman–Crippen LogP) is 3.31. The molecule has 1 amide bonds. The first-order chi connectivity index (χ1) is 12.1. The van der Waals surface area contributed by atoms with Crippen LogP contribution in [0.1, 0.15) is 49.4 Å². The van der Waals surface area contributed by atoms with Crippen LogP contribution in [0.15, 0.2) is 24.3 Å². The zero-order valence-corrected chi connectivity index (χ0v) is 14.7. The van der Waals surface area contributed by atoms with Crippen molar-refractivity contribution in [3.63, 3.8) is 0 Å². The fourth-order valence-electron chi connectivity index (χ4n) is 5.70. The average Bonchev–Trinajstić information content (AvgIpc) is 3.25. The van der Waals surface area contributed by atoms with E-state index in [2.05, 4.69) is 11.8 Å². The number of para-hydroxylation sites is 1. The van der Waals surface area contributed by atoms with Gasteiger partial charge in [0.05, 0.1) is 12.0 Å². The summed E-state index contributed by atoms with van der Waals surface area (Å²) in [6.07, 6.45) is 4.69. The van der Waals surface area contributed by atoms with Crippen LogP contribution in [0.4, 0.5) is 0 Å². The van der Waals surface area contributed by atoms with Crippen LogP contribution < -0.4 is 4.74 Å². The van der Waals surface area contributed by atoms with Crippen LogP contribution in [-0.4, -0.2) is 35.3 Å². The monoisotopic (exact) mass is 339 g/mol. The lowest BCUT2D eigenvalue weighted by molar-refractivity contribution is -0.136. The van der Waals surface area contributed by atoms with E-state index in [4.69, 9.17) is 4.74 Å². The number of carbonyl (C=O) groups excluding carboxylic acids is 2. The Bertz CT molecular complexity index is 744. The molecule has 5 atom stereocenters. The third-order valence-corrected chi connectivity index (χ3v) is 6.89. The third kappa shape index (κ3) is 2.26. The first kappa shape index (κ1) is 15.4. The Kier molecular flexibility index (Phi) is 3.28. The number of ketones is 1. The highest BCUT2D eigenvalue weighted by molar-refractivity contribution is 6.00. The normalized spacial score (nSPS) is 38.9. The minimum atomic E-state index is -0.433. The molecule has 0 N–H and O–H groups in total. The van der Waals surface area contributed by atoms with Crippen molar-refractivity contribution in [1.29, 1.82) is 0 Å². The Hall–Kier alpha value is -1.84. The molecule has 2 aliphatic carbocycles. The minimum Gasteiger partial charge on any atom is -0.486 e. The Labute approximate surface area is 148 Å². The summed E-state index contributed by atoms with van der Waals surface area (Å²) in [5, 5.41) is 0. The smallest absolute Gasteiger partial charge is 0.226 e. The summed E-state index contributed by atoms with van der Waals surface area (Å²) >= 11 is 0. The number of ether oxygens (including phenoxy) is 1. The van der Waals surface area contributed by atoms with Gasteiger partial charge in [-0.3, -0.25) is 9.59 Å². The molecular weight excluding hydrogens is 314 g/mol. The molecule has 0 radical (unpaired) electrons. The highest BCUT2D eigenvalue weighted by Gasteiger charge is 2.71. The fourth-order valence-corrected chi connectivity index (χ4v) is 5.70. The van der Waals surface area contributed by atoms with Gasteiger partial charge in [-0.1, -0.05) is 19.1 Å². The second-order valence-corrected chi connectivity index (χ2v) is 8.55. The zero-order chi connectivity index (χ0) is 17.2. The number of likely N-dealkylation sites (tertiary alicyclic amines) is 1. The highest BCUT2D eigenvalue weighted by Crippen LogP contribution is 2.66. The summed E-state index contributed by atoms with van der Waals surface area (Å²) < 4.78 is 6.40. The summed E-state index contributed by atoms with van der Waals surface area (Å²) in [7, 11) is 0. The molecule has 0 unspecified atom stereocenters. The van der Waals surface area contributed by atoms with Crippen LogP contribution in [0.3, 0.4) is 0 Å². The molecule has 4 heteroatoms. The maximum atomic E-state index is 13.1. The van der Waals surface area contributed by atoms with Crippen molar-refractivity contribution in [2.75, 3.05) is 13.1 Å². The van der Waals surface area contributed by atoms with Crippen molar-refractivity contribution in [3.8, 4) is 5.75 Å². The average molecular weight is 339 g/mol. The first-order valence-electron chi connectivity index (χ1n) is 9.69. The molecule has 1 spiro atoms. The van der Waals surface area contributed by atoms with E-state index < -0.39 is 5.60 Å². The van der Waals surface area contributed by atoms with Crippen LogP contribution in [0.2, 0.25) is 0 Å². The summed E-state index contributed by atoms with van der Waals surface area (Å²) in [4.78, 5) is 27.8. The zero-order valence-electron chi connectivity index (χ0n) is 14.7. The molecule has 2 heterocycles. The lowest BCUT2D eigenvalue weighted by Crippen LogP contribution is -2.46. The molecule has 25 heavy (non-hydrogen) atoms. The van der Waals surface area contributed by atoms with Crippen molar-refractivity contribution < 1.29 is 14.3 Å². The lowest BCUT2D eigenvalue weighted by atomic mass is 9.84.